The molecule has 7 unspecified atom stereocenters. The van der Waals surface area contributed by atoms with Crippen LogP contribution in [0.3, 0.4) is 0 Å². The van der Waals surface area contributed by atoms with Crippen LogP contribution in [0.1, 0.15) is 50.9 Å². The van der Waals surface area contributed by atoms with Crippen molar-refractivity contribution in [1.82, 2.24) is 4.90 Å². The first-order chi connectivity index (χ1) is 19.1. The molecule has 0 amide bonds. The maximum absolute atomic E-state index is 13.2. The minimum atomic E-state index is -1.04. The smallest absolute Gasteiger partial charge is 0.339 e. The van der Waals surface area contributed by atoms with E-state index in [4.69, 9.17) is 23.7 Å². The number of rotatable bonds is 8. The maximum atomic E-state index is 13.2. The summed E-state index contributed by atoms with van der Waals surface area (Å²) in [5.74, 6) is -3.67. The SMILES string of the molecule is CN1C(C)(C)CC(OCC(O)COC(=O)C2C3OC4C(OC(=O)C42)C3OC(=O)c2cc(I)cc(I)c2I)CC1(C)C. The molecule has 1 aromatic rings. The van der Waals surface area contributed by atoms with E-state index in [1.807, 2.05) is 6.07 Å². The molecular weight excluding hydrogens is 875 g/mol. The van der Waals surface area contributed by atoms with Crippen LogP contribution in [0.15, 0.2) is 12.1 Å². The average Bonchev–Trinajstić information content (AvgIpc) is 3.50. The first-order valence-electron chi connectivity index (χ1n) is 13.5. The highest BCUT2D eigenvalue weighted by molar-refractivity contribution is 14.1. The van der Waals surface area contributed by atoms with Gasteiger partial charge in [-0.05, 0) is 127 Å². The molecular formula is C28H34I3NO9. The van der Waals surface area contributed by atoms with E-state index in [9.17, 15) is 19.5 Å². The molecule has 0 spiro atoms. The van der Waals surface area contributed by atoms with Gasteiger partial charge in [0.05, 0.1) is 18.3 Å². The number of carbonyl (C=O) groups is 3. The molecule has 0 aliphatic carbocycles. The van der Waals surface area contributed by atoms with E-state index >= 15 is 0 Å². The van der Waals surface area contributed by atoms with Crippen molar-refractivity contribution in [3.8, 4) is 0 Å². The third-order valence-electron chi connectivity index (χ3n) is 8.85. The predicted molar refractivity (Wildman–Crippen MR) is 171 cm³/mol. The molecule has 0 radical (unpaired) electrons. The van der Waals surface area contributed by atoms with Gasteiger partial charge < -0.3 is 28.8 Å². The van der Waals surface area contributed by atoms with Gasteiger partial charge in [0.1, 0.15) is 36.8 Å². The highest BCUT2D eigenvalue weighted by Crippen LogP contribution is 2.51. The summed E-state index contributed by atoms with van der Waals surface area (Å²) in [4.78, 5) is 41.4. The Hall–Kier alpha value is -0.340. The standard InChI is InChI=1S/C28H34I3NO9/c1-27(2)8-14(9-28(3,4)32(27)5)37-10-13(33)11-38-25(35)17-18-21-23(41-26(18)36)22(20(17)39-21)40-24(34)15-6-12(29)7-16(30)19(15)31/h6-7,13-14,17-18,20-23,33H,8-11H2,1-5H3. The highest BCUT2D eigenvalue weighted by atomic mass is 127. The zero-order chi connectivity index (χ0) is 30.0. The van der Waals surface area contributed by atoms with Crippen molar-refractivity contribution in [2.75, 3.05) is 20.3 Å². The monoisotopic (exact) mass is 909 g/mol. The molecule has 4 saturated heterocycles. The predicted octanol–water partition coefficient (Wildman–Crippen LogP) is 3.54. The van der Waals surface area contributed by atoms with Crippen molar-refractivity contribution in [3.05, 3.63) is 28.4 Å². The van der Waals surface area contributed by atoms with Crippen molar-refractivity contribution >= 4 is 85.7 Å². The van der Waals surface area contributed by atoms with Gasteiger partial charge in [-0.3, -0.25) is 14.5 Å². The zero-order valence-electron chi connectivity index (χ0n) is 23.4. The molecule has 13 heteroatoms. The number of halogens is 3. The molecule has 10 nitrogen and oxygen atoms in total. The fraction of sp³-hybridized carbons (Fsp3) is 0.679. The Morgan fingerprint density at radius 3 is 2.39 bits per heavy atom. The molecule has 4 aliphatic heterocycles. The van der Waals surface area contributed by atoms with Crippen molar-refractivity contribution < 1.29 is 43.2 Å². The number of ether oxygens (including phenoxy) is 5. The number of aliphatic hydroxyl groups is 1. The van der Waals surface area contributed by atoms with Crippen molar-refractivity contribution in [3.63, 3.8) is 0 Å². The Bertz CT molecular complexity index is 1220. The lowest BCUT2D eigenvalue weighted by Gasteiger charge is -2.53. The molecule has 4 aliphatic rings. The molecule has 5 rings (SSSR count). The highest BCUT2D eigenvalue weighted by Gasteiger charge is 2.72. The largest absolute Gasteiger partial charge is 0.463 e. The van der Waals surface area contributed by atoms with E-state index in [0.29, 0.717) is 5.56 Å². The topological polar surface area (TPSA) is 121 Å². The van der Waals surface area contributed by atoms with Crippen molar-refractivity contribution in [1.29, 1.82) is 0 Å². The number of fused-ring (bicyclic) bond motifs is 1. The van der Waals surface area contributed by atoms with Crippen LogP contribution in [0.2, 0.25) is 0 Å². The molecule has 0 saturated carbocycles. The summed E-state index contributed by atoms with van der Waals surface area (Å²) in [7, 11) is 2.11. The summed E-state index contributed by atoms with van der Waals surface area (Å²) in [5, 5.41) is 10.6. The van der Waals surface area contributed by atoms with Gasteiger partial charge in [-0.2, -0.15) is 0 Å². The fourth-order valence-electron chi connectivity index (χ4n) is 6.60. The van der Waals surface area contributed by atoms with Crippen LogP contribution < -0.4 is 0 Å². The number of hydrogen-bond donors (Lipinski definition) is 1. The van der Waals surface area contributed by atoms with Crippen LogP contribution in [0, 0.1) is 22.5 Å². The number of likely N-dealkylation sites (tertiary alicyclic amines) is 1. The second-order valence-electron chi connectivity index (χ2n) is 12.5. The molecule has 7 atom stereocenters. The van der Waals surface area contributed by atoms with Crippen molar-refractivity contribution in [2.45, 2.75) is 88.2 Å². The molecule has 1 N–H and O–H groups in total. The second kappa shape index (κ2) is 11.9. The minimum absolute atomic E-state index is 0.0160. The Kier molecular flexibility index (Phi) is 9.28. The summed E-state index contributed by atoms with van der Waals surface area (Å²) in [6.07, 6.45) is -2.74. The lowest BCUT2D eigenvalue weighted by Crippen LogP contribution is -2.60. The van der Waals surface area contributed by atoms with E-state index < -0.39 is 60.3 Å². The van der Waals surface area contributed by atoms with Gasteiger partial charge >= 0.3 is 17.9 Å². The summed E-state index contributed by atoms with van der Waals surface area (Å²) in [6.45, 7) is 8.41. The van der Waals surface area contributed by atoms with Gasteiger partial charge in [0.25, 0.3) is 0 Å². The number of hydrogen-bond acceptors (Lipinski definition) is 10. The quantitative estimate of drug-likeness (QED) is 0.180. The number of benzene rings is 1. The summed E-state index contributed by atoms with van der Waals surface area (Å²) in [5.41, 5.74) is 0.272. The maximum Gasteiger partial charge on any atom is 0.339 e. The van der Waals surface area contributed by atoms with Crippen LogP contribution in [0.25, 0.3) is 0 Å². The Balaban J connectivity index is 1.19. The van der Waals surface area contributed by atoms with Gasteiger partial charge in [-0.25, -0.2) is 4.79 Å². The summed E-state index contributed by atoms with van der Waals surface area (Å²) < 4.78 is 31.3. The minimum Gasteiger partial charge on any atom is -0.463 e. The van der Waals surface area contributed by atoms with Crippen LogP contribution in [-0.4, -0.2) is 95.9 Å². The Labute approximate surface area is 280 Å². The fourth-order valence-corrected chi connectivity index (χ4v) is 8.97. The third-order valence-corrected chi connectivity index (χ3v) is 12.5. The molecule has 226 valence electrons. The third kappa shape index (κ3) is 6.15. The summed E-state index contributed by atoms with van der Waals surface area (Å²) >= 11 is 6.38. The normalized spacial score (nSPS) is 32.6. The zero-order valence-corrected chi connectivity index (χ0v) is 29.9. The van der Waals surface area contributed by atoms with Gasteiger partial charge in [-0.15, -0.1) is 0 Å². The van der Waals surface area contributed by atoms with Crippen LogP contribution >= 0.6 is 67.8 Å². The van der Waals surface area contributed by atoms with Crippen LogP contribution in [0.4, 0.5) is 0 Å². The second-order valence-corrected chi connectivity index (χ2v) is 16.0. The number of piperidine rings is 1. The molecule has 4 fully saturated rings. The first-order valence-corrected chi connectivity index (χ1v) is 16.8. The Morgan fingerprint density at radius 1 is 1.07 bits per heavy atom. The molecule has 0 aromatic heterocycles. The average molecular weight is 909 g/mol. The van der Waals surface area contributed by atoms with E-state index in [1.54, 1.807) is 6.07 Å². The van der Waals surface area contributed by atoms with E-state index in [0.717, 1.165) is 23.6 Å². The molecule has 41 heavy (non-hydrogen) atoms. The number of aliphatic hydroxyl groups excluding tert-OH is 1. The van der Waals surface area contributed by atoms with Gasteiger partial charge in [0.2, 0.25) is 0 Å². The van der Waals surface area contributed by atoms with Gasteiger partial charge in [0.15, 0.2) is 12.2 Å². The van der Waals surface area contributed by atoms with Gasteiger partial charge in [-0.1, -0.05) is 0 Å². The van der Waals surface area contributed by atoms with Crippen molar-refractivity contribution in [2.24, 2.45) is 11.8 Å². The van der Waals surface area contributed by atoms with E-state index in [2.05, 4.69) is 107 Å². The van der Waals surface area contributed by atoms with E-state index in [-0.39, 0.29) is 30.4 Å². The number of nitrogens with zero attached hydrogens (tertiary/aromatic N) is 1. The molecule has 4 heterocycles. The summed E-state index contributed by atoms with van der Waals surface area (Å²) in [6, 6.07) is 3.68. The molecule has 2 bridgehead atoms. The van der Waals surface area contributed by atoms with Gasteiger partial charge in [0, 0.05) is 21.8 Å². The lowest BCUT2D eigenvalue weighted by atomic mass is 9.78. The number of esters is 3. The molecule has 1 aromatic carbocycles. The first kappa shape index (κ1) is 32.1. The number of carbonyl (C=O) groups excluding carboxylic acids is 3. The van der Waals surface area contributed by atoms with E-state index in [1.165, 1.54) is 0 Å². The lowest BCUT2D eigenvalue weighted by molar-refractivity contribution is -0.160. The van der Waals surface area contributed by atoms with Crippen LogP contribution in [-0.2, 0) is 33.3 Å². The van der Waals surface area contributed by atoms with Crippen LogP contribution in [0.5, 0.6) is 0 Å². The Morgan fingerprint density at radius 2 is 1.73 bits per heavy atom.